The summed E-state index contributed by atoms with van der Waals surface area (Å²) in [5.74, 6) is 0.563. The van der Waals surface area contributed by atoms with E-state index in [4.69, 9.17) is 4.98 Å². The number of benzene rings is 3. The van der Waals surface area contributed by atoms with Gasteiger partial charge in [-0.15, -0.1) is 0 Å². The summed E-state index contributed by atoms with van der Waals surface area (Å²) in [5.41, 5.74) is 3.33. The third kappa shape index (κ3) is 5.71. The minimum atomic E-state index is -0.146. The molecule has 4 aromatic rings. The summed E-state index contributed by atoms with van der Waals surface area (Å²) in [4.78, 5) is 30.7. The topological polar surface area (TPSA) is 64.0 Å². The molecule has 3 aromatic carbocycles. The minimum Gasteiger partial charge on any atom is -0.352 e. The molecule has 0 fully saturated rings. The van der Waals surface area contributed by atoms with Crippen LogP contribution >= 0.6 is 11.8 Å². The summed E-state index contributed by atoms with van der Waals surface area (Å²) in [6.45, 7) is 3.17. The van der Waals surface area contributed by atoms with Crippen LogP contribution in [0.25, 0.3) is 10.9 Å². The molecule has 0 unspecified atom stereocenters. The Balaban J connectivity index is 1.69. The lowest BCUT2D eigenvalue weighted by molar-refractivity contribution is 0.0954. The standard InChI is InChI=1S/C27H27N3O2S/c1-2-16-28-25(31)22-13-14-23-24(18-22)29-27(33-19-21-11-7-4-8-12-21)30(26(23)32)17-15-20-9-5-3-6-10-20/h3-14,18H,2,15-17,19H2,1H3,(H,28,31). The first-order valence-corrected chi connectivity index (χ1v) is 12.2. The number of aryl methyl sites for hydroxylation is 1. The van der Waals surface area contributed by atoms with Crippen molar-refractivity contribution in [3.05, 3.63) is 106 Å². The number of carbonyl (C=O) groups excluding carboxylic acids is 1. The fourth-order valence-corrected chi connectivity index (χ4v) is 4.58. The van der Waals surface area contributed by atoms with Crippen LogP contribution in [0.5, 0.6) is 0 Å². The van der Waals surface area contributed by atoms with Crippen molar-refractivity contribution in [2.45, 2.75) is 37.2 Å². The summed E-state index contributed by atoms with van der Waals surface area (Å²) >= 11 is 1.54. The Labute approximate surface area is 197 Å². The van der Waals surface area contributed by atoms with Crippen LogP contribution in [0.3, 0.4) is 0 Å². The summed E-state index contributed by atoms with van der Waals surface area (Å²) in [7, 11) is 0. The van der Waals surface area contributed by atoms with E-state index >= 15 is 0 Å². The van der Waals surface area contributed by atoms with Crippen molar-refractivity contribution in [2.75, 3.05) is 6.54 Å². The van der Waals surface area contributed by atoms with E-state index in [0.29, 0.717) is 40.5 Å². The maximum absolute atomic E-state index is 13.4. The first kappa shape index (κ1) is 22.8. The van der Waals surface area contributed by atoms with E-state index in [-0.39, 0.29) is 11.5 Å². The van der Waals surface area contributed by atoms with Gasteiger partial charge in [0.15, 0.2) is 5.16 Å². The minimum absolute atomic E-state index is 0.0768. The number of hydrogen-bond donors (Lipinski definition) is 1. The van der Waals surface area contributed by atoms with Gasteiger partial charge in [-0.2, -0.15) is 0 Å². The zero-order valence-electron chi connectivity index (χ0n) is 18.7. The highest BCUT2D eigenvalue weighted by atomic mass is 32.2. The number of nitrogens with zero attached hydrogens (tertiary/aromatic N) is 2. The van der Waals surface area contributed by atoms with Crippen molar-refractivity contribution in [2.24, 2.45) is 0 Å². The lowest BCUT2D eigenvalue weighted by Gasteiger charge is -2.14. The number of thioether (sulfide) groups is 1. The molecule has 0 bridgehead atoms. The van der Waals surface area contributed by atoms with Crippen molar-refractivity contribution in [1.82, 2.24) is 14.9 Å². The van der Waals surface area contributed by atoms with Gasteiger partial charge in [0, 0.05) is 24.4 Å². The monoisotopic (exact) mass is 457 g/mol. The Hall–Kier alpha value is -3.38. The van der Waals surface area contributed by atoms with Crippen LogP contribution in [0.1, 0.15) is 34.8 Å². The molecule has 0 radical (unpaired) electrons. The molecular weight excluding hydrogens is 430 g/mol. The summed E-state index contributed by atoms with van der Waals surface area (Å²) in [6, 6.07) is 25.4. The molecule has 0 saturated heterocycles. The number of nitrogens with one attached hydrogen (secondary N) is 1. The molecule has 0 saturated carbocycles. The van der Waals surface area contributed by atoms with Gasteiger partial charge in [-0.25, -0.2) is 4.98 Å². The smallest absolute Gasteiger partial charge is 0.262 e. The molecular formula is C27H27N3O2S. The second-order valence-corrected chi connectivity index (χ2v) is 8.79. The average molecular weight is 458 g/mol. The number of carbonyl (C=O) groups is 1. The van der Waals surface area contributed by atoms with Crippen molar-refractivity contribution in [1.29, 1.82) is 0 Å². The first-order chi connectivity index (χ1) is 16.2. The van der Waals surface area contributed by atoms with Crippen molar-refractivity contribution < 1.29 is 4.79 Å². The Morgan fingerprint density at radius 2 is 1.67 bits per heavy atom. The fourth-order valence-electron chi connectivity index (χ4n) is 3.60. The van der Waals surface area contributed by atoms with Crippen LogP contribution in [-0.2, 0) is 18.7 Å². The van der Waals surface area contributed by atoms with E-state index in [1.807, 2.05) is 43.3 Å². The highest BCUT2D eigenvalue weighted by Gasteiger charge is 2.14. The Bertz CT molecular complexity index is 1290. The van der Waals surface area contributed by atoms with Gasteiger partial charge in [0.2, 0.25) is 0 Å². The molecule has 33 heavy (non-hydrogen) atoms. The van der Waals surface area contributed by atoms with Crippen molar-refractivity contribution in [3.63, 3.8) is 0 Å². The molecule has 0 aliphatic rings. The van der Waals surface area contributed by atoms with Gasteiger partial charge in [0.1, 0.15) is 0 Å². The SMILES string of the molecule is CCCNC(=O)c1ccc2c(=O)n(CCc3ccccc3)c(SCc3ccccc3)nc2c1. The Morgan fingerprint density at radius 3 is 2.36 bits per heavy atom. The Kier molecular flexibility index (Phi) is 7.58. The predicted molar refractivity (Wildman–Crippen MR) is 135 cm³/mol. The Morgan fingerprint density at radius 1 is 0.970 bits per heavy atom. The van der Waals surface area contributed by atoms with Crippen LogP contribution < -0.4 is 10.9 Å². The fraction of sp³-hybridized carbons (Fsp3) is 0.222. The molecule has 1 N–H and O–H groups in total. The average Bonchev–Trinajstić information content (AvgIpc) is 2.86. The lowest BCUT2D eigenvalue weighted by atomic mass is 10.1. The van der Waals surface area contributed by atoms with Gasteiger partial charge >= 0.3 is 0 Å². The van der Waals surface area contributed by atoms with Crippen LogP contribution in [0.15, 0.2) is 88.8 Å². The first-order valence-electron chi connectivity index (χ1n) is 11.2. The maximum Gasteiger partial charge on any atom is 0.262 e. The number of rotatable bonds is 9. The van der Waals surface area contributed by atoms with E-state index in [0.717, 1.165) is 12.8 Å². The molecule has 168 valence electrons. The highest BCUT2D eigenvalue weighted by molar-refractivity contribution is 7.98. The van der Waals surface area contributed by atoms with Gasteiger partial charge in [-0.3, -0.25) is 14.2 Å². The lowest BCUT2D eigenvalue weighted by Crippen LogP contribution is -2.26. The van der Waals surface area contributed by atoms with Gasteiger partial charge < -0.3 is 5.32 Å². The maximum atomic E-state index is 13.4. The van der Waals surface area contributed by atoms with Crippen molar-refractivity contribution >= 4 is 28.6 Å². The van der Waals surface area contributed by atoms with Crippen LogP contribution in [0.2, 0.25) is 0 Å². The summed E-state index contributed by atoms with van der Waals surface area (Å²) < 4.78 is 1.76. The molecule has 0 aliphatic carbocycles. The number of aromatic nitrogens is 2. The van der Waals surface area contributed by atoms with E-state index in [1.54, 1.807) is 34.5 Å². The van der Waals surface area contributed by atoms with Crippen LogP contribution in [0, 0.1) is 0 Å². The second-order valence-electron chi connectivity index (χ2n) is 7.85. The predicted octanol–water partition coefficient (Wildman–Crippen LogP) is 5.07. The quantitative estimate of drug-likeness (QED) is 0.281. The molecule has 0 spiro atoms. The third-order valence-corrected chi connectivity index (χ3v) is 6.44. The van der Waals surface area contributed by atoms with Gasteiger partial charge in [0.25, 0.3) is 11.5 Å². The number of amides is 1. The number of hydrogen-bond acceptors (Lipinski definition) is 4. The molecule has 1 heterocycles. The van der Waals surface area contributed by atoms with Crippen molar-refractivity contribution in [3.8, 4) is 0 Å². The molecule has 1 amide bonds. The number of fused-ring (bicyclic) bond motifs is 1. The van der Waals surface area contributed by atoms with Gasteiger partial charge in [0.05, 0.1) is 10.9 Å². The molecule has 4 rings (SSSR count). The summed E-state index contributed by atoms with van der Waals surface area (Å²) in [5, 5.41) is 4.08. The zero-order valence-corrected chi connectivity index (χ0v) is 19.5. The molecule has 0 atom stereocenters. The largest absolute Gasteiger partial charge is 0.352 e. The molecule has 6 heteroatoms. The molecule has 5 nitrogen and oxygen atoms in total. The van der Waals surface area contributed by atoms with E-state index in [1.165, 1.54) is 11.1 Å². The molecule has 1 aromatic heterocycles. The van der Waals surface area contributed by atoms with Crippen LogP contribution in [-0.4, -0.2) is 22.0 Å². The second kappa shape index (κ2) is 11.0. The van der Waals surface area contributed by atoms with Crippen LogP contribution in [0.4, 0.5) is 0 Å². The van der Waals surface area contributed by atoms with E-state index in [2.05, 4.69) is 29.6 Å². The normalized spacial score (nSPS) is 10.9. The third-order valence-electron chi connectivity index (χ3n) is 5.40. The van der Waals surface area contributed by atoms with E-state index in [9.17, 15) is 9.59 Å². The zero-order chi connectivity index (χ0) is 23.0. The van der Waals surface area contributed by atoms with E-state index < -0.39 is 0 Å². The summed E-state index contributed by atoms with van der Waals surface area (Å²) in [6.07, 6.45) is 1.61. The van der Waals surface area contributed by atoms with Gasteiger partial charge in [-0.05, 0) is 42.2 Å². The molecule has 0 aliphatic heterocycles. The highest BCUT2D eigenvalue weighted by Crippen LogP contribution is 2.23. The van der Waals surface area contributed by atoms with Gasteiger partial charge in [-0.1, -0.05) is 79.3 Å².